The number of amides is 4. The molecular formula is C29H43N5O5. The Morgan fingerprint density at radius 3 is 2.38 bits per heavy atom. The van der Waals surface area contributed by atoms with Crippen LogP contribution in [0.1, 0.15) is 71.3 Å². The summed E-state index contributed by atoms with van der Waals surface area (Å²) in [7, 11) is 1.89. The van der Waals surface area contributed by atoms with Crippen LogP contribution in [0.25, 0.3) is 0 Å². The molecule has 3 fully saturated rings. The van der Waals surface area contributed by atoms with Crippen molar-refractivity contribution in [2.45, 2.75) is 90.3 Å². The summed E-state index contributed by atoms with van der Waals surface area (Å²) in [5.41, 5.74) is 5.98. The number of nitrogens with zero attached hydrogens (tertiary/aromatic N) is 2. The molecule has 2 saturated carbocycles. The highest BCUT2D eigenvalue weighted by atomic mass is 16.2. The van der Waals surface area contributed by atoms with Gasteiger partial charge in [-0.2, -0.15) is 0 Å². The summed E-state index contributed by atoms with van der Waals surface area (Å²) in [6.45, 7) is 6.45. The van der Waals surface area contributed by atoms with Crippen molar-refractivity contribution in [3.8, 4) is 0 Å². The molecule has 0 spiro atoms. The Kier molecular flexibility index (Phi) is 8.51. The van der Waals surface area contributed by atoms with Crippen LogP contribution in [0.4, 0.5) is 0 Å². The number of hydrogen-bond acceptors (Lipinski definition) is 5. The van der Waals surface area contributed by atoms with Gasteiger partial charge in [-0.3, -0.25) is 24.0 Å². The van der Waals surface area contributed by atoms with Gasteiger partial charge >= 0.3 is 0 Å². The lowest BCUT2D eigenvalue weighted by atomic mass is 9.83. The number of aromatic nitrogens is 1. The fraction of sp³-hybridized carbons (Fsp3) is 0.690. The van der Waals surface area contributed by atoms with Gasteiger partial charge in [0.2, 0.25) is 23.5 Å². The molecule has 2 aliphatic carbocycles. The van der Waals surface area contributed by atoms with Crippen molar-refractivity contribution in [1.29, 1.82) is 0 Å². The quantitative estimate of drug-likeness (QED) is 0.363. The third-order valence-corrected chi connectivity index (χ3v) is 9.18. The van der Waals surface area contributed by atoms with Crippen molar-refractivity contribution in [3.63, 3.8) is 0 Å². The first-order valence-electron chi connectivity index (χ1n) is 14.3. The lowest BCUT2D eigenvalue weighted by Crippen LogP contribution is -2.59. The number of piperidine rings is 1. The van der Waals surface area contributed by atoms with E-state index in [-0.39, 0.29) is 47.8 Å². The minimum atomic E-state index is -1.09. The Morgan fingerprint density at radius 2 is 1.79 bits per heavy atom. The van der Waals surface area contributed by atoms with Crippen LogP contribution >= 0.6 is 0 Å². The Balaban J connectivity index is 1.55. The number of primary amides is 1. The minimum absolute atomic E-state index is 0.00361. The standard InChI is InChI=1S/C29H43N5O5/c1-5-9-20(25(36)26(30)37)31-27(38)24-22-19(29(22,2)3)16-34(24)28(39)23(18-10-7-6-8-11-18)32-21(35)14-17-12-13-33(4)15-17/h12-13,15,18-20,22-24H,5-11,14,16H2,1-4H3,(H2,30,37)(H,31,38)(H,32,35). The third-order valence-electron chi connectivity index (χ3n) is 9.18. The molecule has 10 nitrogen and oxygen atoms in total. The van der Waals surface area contributed by atoms with Crippen molar-refractivity contribution in [3.05, 3.63) is 24.0 Å². The zero-order valence-electron chi connectivity index (χ0n) is 23.6. The summed E-state index contributed by atoms with van der Waals surface area (Å²) >= 11 is 0. The first kappa shape index (κ1) is 28.8. The zero-order valence-corrected chi connectivity index (χ0v) is 23.6. The number of carbonyl (C=O) groups is 5. The van der Waals surface area contributed by atoms with Gasteiger partial charge in [0.15, 0.2) is 0 Å². The molecule has 214 valence electrons. The van der Waals surface area contributed by atoms with Crippen LogP contribution in [-0.2, 0) is 37.4 Å². The fourth-order valence-corrected chi connectivity index (χ4v) is 6.90. The molecule has 0 aromatic carbocycles. The number of nitrogens with one attached hydrogen (secondary N) is 2. The molecule has 5 atom stereocenters. The van der Waals surface area contributed by atoms with Gasteiger partial charge in [-0.25, -0.2) is 0 Å². The second kappa shape index (κ2) is 11.5. The maximum Gasteiger partial charge on any atom is 0.287 e. The summed E-state index contributed by atoms with van der Waals surface area (Å²) in [4.78, 5) is 66.5. The Hall–Kier alpha value is -3.17. The van der Waals surface area contributed by atoms with Crippen molar-refractivity contribution < 1.29 is 24.0 Å². The van der Waals surface area contributed by atoms with E-state index in [2.05, 4.69) is 24.5 Å². The van der Waals surface area contributed by atoms with Crippen LogP contribution < -0.4 is 16.4 Å². The van der Waals surface area contributed by atoms with E-state index in [0.29, 0.717) is 13.0 Å². The largest absolute Gasteiger partial charge is 0.363 e. The molecule has 4 N–H and O–H groups in total. The number of carbonyl (C=O) groups excluding carboxylic acids is 5. The van der Waals surface area contributed by atoms with Gasteiger partial charge < -0.3 is 25.8 Å². The third kappa shape index (κ3) is 6.04. The van der Waals surface area contributed by atoms with Gasteiger partial charge in [0.05, 0.1) is 12.5 Å². The second-order valence-electron chi connectivity index (χ2n) is 12.3. The molecule has 3 aliphatic rings. The number of nitrogens with two attached hydrogens (primary N) is 1. The van der Waals surface area contributed by atoms with Crippen molar-refractivity contribution in [1.82, 2.24) is 20.1 Å². The molecule has 1 aromatic rings. The van der Waals surface area contributed by atoms with Crippen molar-refractivity contribution in [2.24, 2.45) is 36.0 Å². The predicted octanol–water partition coefficient (Wildman–Crippen LogP) is 1.46. The summed E-state index contributed by atoms with van der Waals surface area (Å²) in [6.07, 6.45) is 9.59. The van der Waals surface area contributed by atoms with Crippen LogP contribution in [-0.4, -0.2) is 63.5 Å². The average molecular weight is 542 g/mol. The number of hydrogen-bond donors (Lipinski definition) is 3. The molecule has 0 radical (unpaired) electrons. The minimum Gasteiger partial charge on any atom is -0.363 e. The van der Waals surface area contributed by atoms with E-state index in [0.717, 1.165) is 37.7 Å². The Morgan fingerprint density at radius 1 is 1.10 bits per heavy atom. The van der Waals surface area contributed by atoms with E-state index in [1.54, 1.807) is 4.90 Å². The van der Waals surface area contributed by atoms with E-state index < -0.39 is 35.7 Å². The summed E-state index contributed by atoms with van der Waals surface area (Å²) in [6, 6.07) is -0.614. The number of likely N-dealkylation sites (tertiary alicyclic amines) is 1. The SMILES string of the molecule is CCCC(NC(=O)C1C2C(CN1C(=O)C(NC(=O)Cc1ccn(C)c1)C1CCCCC1)C2(C)C)C(=O)C(N)=O. The molecule has 1 aromatic heterocycles. The van der Waals surface area contributed by atoms with Crippen molar-refractivity contribution >= 4 is 29.4 Å². The highest BCUT2D eigenvalue weighted by Gasteiger charge is 2.69. The molecule has 5 unspecified atom stereocenters. The maximum absolute atomic E-state index is 14.2. The van der Waals surface area contributed by atoms with E-state index in [1.165, 1.54) is 0 Å². The molecule has 10 heteroatoms. The first-order valence-corrected chi connectivity index (χ1v) is 14.3. The monoisotopic (exact) mass is 541 g/mol. The molecule has 2 heterocycles. The number of rotatable bonds is 11. The second-order valence-corrected chi connectivity index (χ2v) is 12.3. The molecule has 1 saturated heterocycles. The summed E-state index contributed by atoms with van der Waals surface area (Å²) in [5.74, 6) is -2.71. The molecular weight excluding hydrogens is 498 g/mol. The molecule has 4 amide bonds. The summed E-state index contributed by atoms with van der Waals surface area (Å²) in [5, 5.41) is 5.78. The van der Waals surface area contributed by atoms with Gasteiger partial charge in [0.1, 0.15) is 12.1 Å². The van der Waals surface area contributed by atoms with Gasteiger partial charge in [-0.15, -0.1) is 0 Å². The zero-order chi connectivity index (χ0) is 28.5. The number of fused-ring (bicyclic) bond motifs is 1. The Labute approximate surface area is 230 Å². The maximum atomic E-state index is 14.2. The first-order chi connectivity index (χ1) is 18.4. The average Bonchev–Trinajstić information content (AvgIpc) is 3.24. The normalized spacial score (nSPS) is 25.3. The highest BCUT2D eigenvalue weighted by Crippen LogP contribution is 2.65. The van der Waals surface area contributed by atoms with E-state index >= 15 is 0 Å². The molecule has 4 rings (SSSR count). The number of ketones is 1. The number of aryl methyl sites for hydroxylation is 1. The lowest BCUT2D eigenvalue weighted by molar-refractivity contribution is -0.145. The van der Waals surface area contributed by atoms with Crippen LogP contribution in [0, 0.1) is 23.2 Å². The number of Topliss-reactive ketones (excluding diaryl/α,β-unsaturated/α-hetero) is 1. The molecule has 39 heavy (non-hydrogen) atoms. The van der Waals surface area contributed by atoms with Crippen LogP contribution in [0.2, 0.25) is 0 Å². The lowest BCUT2D eigenvalue weighted by Gasteiger charge is -2.37. The molecule has 1 aliphatic heterocycles. The van der Waals surface area contributed by atoms with Crippen molar-refractivity contribution in [2.75, 3.05) is 6.54 Å². The van der Waals surface area contributed by atoms with Crippen LogP contribution in [0.3, 0.4) is 0 Å². The van der Waals surface area contributed by atoms with Gasteiger partial charge in [-0.05, 0) is 54.1 Å². The fourth-order valence-electron chi connectivity index (χ4n) is 6.90. The topological polar surface area (TPSA) is 144 Å². The van der Waals surface area contributed by atoms with Gasteiger partial charge in [0.25, 0.3) is 5.91 Å². The molecule has 0 bridgehead atoms. The van der Waals surface area contributed by atoms with E-state index in [9.17, 15) is 24.0 Å². The van der Waals surface area contributed by atoms with E-state index in [4.69, 9.17) is 5.73 Å². The van der Waals surface area contributed by atoms with E-state index in [1.807, 2.05) is 37.0 Å². The highest BCUT2D eigenvalue weighted by molar-refractivity contribution is 6.37. The smallest absolute Gasteiger partial charge is 0.287 e. The van der Waals surface area contributed by atoms with Crippen LogP contribution in [0.5, 0.6) is 0 Å². The Bertz CT molecular complexity index is 1120. The van der Waals surface area contributed by atoms with Crippen LogP contribution in [0.15, 0.2) is 18.5 Å². The van der Waals surface area contributed by atoms with Gasteiger partial charge in [0, 0.05) is 26.0 Å². The van der Waals surface area contributed by atoms with Gasteiger partial charge in [-0.1, -0.05) is 46.5 Å². The predicted molar refractivity (Wildman–Crippen MR) is 145 cm³/mol. The summed E-state index contributed by atoms with van der Waals surface area (Å²) < 4.78 is 1.88.